The fourth-order valence-electron chi connectivity index (χ4n) is 4.34. The van der Waals surface area contributed by atoms with Gasteiger partial charge in [0.25, 0.3) is 5.91 Å². The van der Waals surface area contributed by atoms with Crippen LogP contribution in [0.15, 0.2) is 72.8 Å². The molecular formula is C26H23FN2O4. The molecule has 1 amide bonds. The SMILES string of the molecule is O=C(OCC(=O)N1CCN(c2ccc(F)cc2)CC1)C1c2ccccc2Oc2ccccc21. The van der Waals surface area contributed by atoms with Crippen LogP contribution < -0.4 is 9.64 Å². The number of amides is 1. The number of hydrogen-bond donors (Lipinski definition) is 0. The lowest BCUT2D eigenvalue weighted by Crippen LogP contribution is -2.50. The summed E-state index contributed by atoms with van der Waals surface area (Å²) in [6.07, 6.45) is 0. The van der Waals surface area contributed by atoms with Crippen molar-refractivity contribution in [3.8, 4) is 11.5 Å². The molecule has 0 radical (unpaired) electrons. The third kappa shape index (κ3) is 4.26. The fraction of sp³-hybridized carbons (Fsp3) is 0.231. The molecule has 2 heterocycles. The van der Waals surface area contributed by atoms with Gasteiger partial charge in [-0.25, -0.2) is 4.39 Å². The van der Waals surface area contributed by atoms with E-state index >= 15 is 0 Å². The zero-order chi connectivity index (χ0) is 22.8. The molecule has 5 rings (SSSR count). The number of carbonyl (C=O) groups excluding carboxylic acids is 2. The second kappa shape index (κ2) is 8.94. The minimum atomic E-state index is -0.644. The van der Waals surface area contributed by atoms with Gasteiger partial charge in [-0.15, -0.1) is 0 Å². The maximum Gasteiger partial charge on any atom is 0.318 e. The van der Waals surface area contributed by atoms with Crippen LogP contribution in [0, 0.1) is 5.82 Å². The number of carbonyl (C=O) groups is 2. The van der Waals surface area contributed by atoms with E-state index in [9.17, 15) is 14.0 Å². The molecule has 6 nitrogen and oxygen atoms in total. The lowest BCUT2D eigenvalue weighted by atomic mass is 9.88. The van der Waals surface area contributed by atoms with Gasteiger partial charge in [0.2, 0.25) is 0 Å². The summed E-state index contributed by atoms with van der Waals surface area (Å²) in [7, 11) is 0. The fourth-order valence-corrected chi connectivity index (χ4v) is 4.34. The number of benzene rings is 3. The minimum absolute atomic E-state index is 0.226. The second-order valence-corrected chi connectivity index (χ2v) is 8.06. The Hall–Kier alpha value is -3.87. The number of esters is 1. The molecule has 0 aliphatic carbocycles. The molecule has 1 fully saturated rings. The highest BCUT2D eigenvalue weighted by atomic mass is 19.1. The van der Waals surface area contributed by atoms with E-state index in [1.54, 1.807) is 17.0 Å². The number of ether oxygens (including phenoxy) is 2. The third-order valence-electron chi connectivity index (χ3n) is 6.08. The topological polar surface area (TPSA) is 59.1 Å². The predicted octanol–water partition coefficient (Wildman–Crippen LogP) is 3.96. The van der Waals surface area contributed by atoms with Crippen LogP contribution in [-0.2, 0) is 14.3 Å². The Balaban J connectivity index is 1.21. The first-order valence-corrected chi connectivity index (χ1v) is 10.9. The van der Waals surface area contributed by atoms with Crippen molar-refractivity contribution in [3.05, 3.63) is 89.7 Å². The van der Waals surface area contributed by atoms with E-state index in [1.807, 2.05) is 48.5 Å². The van der Waals surface area contributed by atoms with Gasteiger partial charge in [0.05, 0.1) is 0 Å². The van der Waals surface area contributed by atoms with E-state index in [1.165, 1.54) is 12.1 Å². The number of halogens is 1. The molecule has 168 valence electrons. The number of nitrogens with zero attached hydrogens (tertiary/aromatic N) is 2. The first kappa shape index (κ1) is 21.0. The monoisotopic (exact) mass is 446 g/mol. The number of hydrogen-bond acceptors (Lipinski definition) is 5. The summed E-state index contributed by atoms with van der Waals surface area (Å²) in [6, 6.07) is 21.0. The van der Waals surface area contributed by atoms with E-state index in [-0.39, 0.29) is 18.3 Å². The Morgan fingerprint density at radius 3 is 2.03 bits per heavy atom. The van der Waals surface area contributed by atoms with Crippen molar-refractivity contribution in [1.29, 1.82) is 0 Å². The van der Waals surface area contributed by atoms with E-state index < -0.39 is 11.9 Å². The predicted molar refractivity (Wildman–Crippen MR) is 121 cm³/mol. The van der Waals surface area contributed by atoms with Crippen LogP contribution >= 0.6 is 0 Å². The van der Waals surface area contributed by atoms with E-state index in [2.05, 4.69) is 4.90 Å². The summed E-state index contributed by atoms with van der Waals surface area (Å²) in [4.78, 5) is 29.6. The number of fused-ring (bicyclic) bond motifs is 2. The smallest absolute Gasteiger partial charge is 0.318 e. The van der Waals surface area contributed by atoms with Crippen LogP contribution in [0.5, 0.6) is 11.5 Å². The summed E-state index contributed by atoms with van der Waals surface area (Å²) in [5.74, 6) is -0.395. The van der Waals surface area contributed by atoms with Crippen LogP contribution in [0.2, 0.25) is 0 Å². The summed E-state index contributed by atoms with van der Waals surface area (Å²) in [5.41, 5.74) is 2.37. The number of rotatable bonds is 4. The summed E-state index contributed by atoms with van der Waals surface area (Å²) >= 11 is 0. The van der Waals surface area contributed by atoms with Crippen molar-refractivity contribution < 1.29 is 23.5 Å². The summed E-state index contributed by atoms with van der Waals surface area (Å²) in [6.45, 7) is 1.97. The maximum absolute atomic E-state index is 13.2. The van der Waals surface area contributed by atoms with Crippen LogP contribution in [0.3, 0.4) is 0 Å². The lowest BCUT2D eigenvalue weighted by molar-refractivity contribution is -0.152. The first-order valence-electron chi connectivity index (χ1n) is 10.9. The van der Waals surface area contributed by atoms with Gasteiger partial charge in [-0.3, -0.25) is 9.59 Å². The maximum atomic E-state index is 13.2. The van der Waals surface area contributed by atoms with Crippen LogP contribution in [0.25, 0.3) is 0 Å². The van der Waals surface area contributed by atoms with Crippen LogP contribution in [0.1, 0.15) is 17.0 Å². The van der Waals surface area contributed by atoms with E-state index in [0.717, 1.165) is 16.8 Å². The lowest BCUT2D eigenvalue weighted by Gasteiger charge is -2.36. The molecule has 0 aromatic heterocycles. The van der Waals surface area contributed by atoms with Crippen molar-refractivity contribution in [1.82, 2.24) is 4.90 Å². The zero-order valence-corrected chi connectivity index (χ0v) is 17.9. The van der Waals surface area contributed by atoms with Gasteiger partial charge >= 0.3 is 5.97 Å². The van der Waals surface area contributed by atoms with Crippen molar-refractivity contribution in [2.24, 2.45) is 0 Å². The average Bonchev–Trinajstić information content (AvgIpc) is 2.86. The van der Waals surface area contributed by atoms with Gasteiger partial charge in [-0.2, -0.15) is 0 Å². The highest BCUT2D eigenvalue weighted by Crippen LogP contribution is 2.44. The Bertz CT molecular complexity index is 1130. The molecule has 0 atom stereocenters. The molecule has 7 heteroatoms. The van der Waals surface area contributed by atoms with Gasteiger partial charge in [0.1, 0.15) is 23.2 Å². The molecule has 2 aliphatic rings. The quantitative estimate of drug-likeness (QED) is 0.568. The first-order chi connectivity index (χ1) is 16.1. The Labute approximate surface area is 191 Å². The molecule has 0 spiro atoms. The third-order valence-corrected chi connectivity index (χ3v) is 6.08. The Morgan fingerprint density at radius 1 is 0.848 bits per heavy atom. The van der Waals surface area contributed by atoms with Gasteiger partial charge in [-0.1, -0.05) is 36.4 Å². The molecular weight excluding hydrogens is 423 g/mol. The van der Waals surface area contributed by atoms with E-state index in [0.29, 0.717) is 37.7 Å². The minimum Gasteiger partial charge on any atom is -0.457 e. The summed E-state index contributed by atoms with van der Waals surface area (Å²) in [5, 5.41) is 0. The average molecular weight is 446 g/mol. The Morgan fingerprint density at radius 2 is 1.42 bits per heavy atom. The zero-order valence-electron chi connectivity index (χ0n) is 17.9. The van der Waals surface area contributed by atoms with Gasteiger partial charge < -0.3 is 19.3 Å². The van der Waals surface area contributed by atoms with Gasteiger partial charge in [-0.05, 0) is 36.4 Å². The highest BCUT2D eigenvalue weighted by Gasteiger charge is 2.34. The summed E-state index contributed by atoms with van der Waals surface area (Å²) < 4.78 is 24.6. The largest absolute Gasteiger partial charge is 0.457 e. The van der Waals surface area contributed by atoms with Crippen LogP contribution in [0.4, 0.5) is 10.1 Å². The molecule has 0 saturated carbocycles. The van der Waals surface area contributed by atoms with E-state index in [4.69, 9.17) is 9.47 Å². The Kier molecular flexibility index (Phi) is 5.69. The molecule has 2 aliphatic heterocycles. The van der Waals surface area contributed by atoms with Crippen molar-refractivity contribution >= 4 is 17.6 Å². The molecule has 1 saturated heterocycles. The molecule has 0 N–H and O–H groups in total. The molecule has 0 bridgehead atoms. The molecule has 33 heavy (non-hydrogen) atoms. The van der Waals surface area contributed by atoms with Crippen LogP contribution in [-0.4, -0.2) is 49.6 Å². The highest BCUT2D eigenvalue weighted by molar-refractivity contribution is 5.88. The second-order valence-electron chi connectivity index (χ2n) is 8.06. The molecule has 0 unspecified atom stereocenters. The number of piperazine rings is 1. The number of anilines is 1. The van der Waals surface area contributed by atoms with Gasteiger partial charge in [0.15, 0.2) is 6.61 Å². The molecule has 3 aromatic rings. The normalized spacial score (nSPS) is 15.3. The van der Waals surface area contributed by atoms with Crippen molar-refractivity contribution in [2.45, 2.75) is 5.92 Å². The van der Waals surface area contributed by atoms with Crippen molar-refractivity contribution in [3.63, 3.8) is 0 Å². The number of para-hydroxylation sites is 2. The standard InChI is InChI=1S/C26H23FN2O4/c27-18-9-11-19(12-10-18)28-13-15-29(16-14-28)24(30)17-32-26(31)25-20-5-1-3-7-22(20)33-23-8-4-2-6-21(23)25/h1-12,25H,13-17H2. The molecule has 3 aromatic carbocycles. The van der Waals surface area contributed by atoms with Crippen molar-refractivity contribution in [2.75, 3.05) is 37.7 Å². The van der Waals surface area contributed by atoms with Gasteiger partial charge in [0, 0.05) is 43.0 Å².